The highest BCUT2D eigenvalue weighted by atomic mass is 32.1. The van der Waals surface area contributed by atoms with Gasteiger partial charge in [-0.25, -0.2) is 4.98 Å². The normalized spacial score (nSPS) is 11.1. The maximum atomic E-state index is 12.1. The van der Waals surface area contributed by atoms with Gasteiger partial charge in [0.2, 0.25) is 5.91 Å². The van der Waals surface area contributed by atoms with E-state index in [1.807, 2.05) is 19.9 Å². The van der Waals surface area contributed by atoms with Crippen molar-refractivity contribution in [2.45, 2.75) is 13.8 Å². The van der Waals surface area contributed by atoms with Crippen molar-refractivity contribution in [1.82, 2.24) is 4.98 Å². The summed E-state index contributed by atoms with van der Waals surface area (Å²) < 4.78 is 1.03. The van der Waals surface area contributed by atoms with Crippen LogP contribution in [0.3, 0.4) is 0 Å². The molecule has 2 aromatic carbocycles. The fraction of sp³-hybridized carbons (Fsp3) is 0.111. The minimum absolute atomic E-state index is 0.0155. The summed E-state index contributed by atoms with van der Waals surface area (Å²) in [7, 11) is 0. The molecular formula is C18H15N3O3S. The van der Waals surface area contributed by atoms with Crippen molar-refractivity contribution >= 4 is 44.4 Å². The Labute approximate surface area is 148 Å². The van der Waals surface area contributed by atoms with Gasteiger partial charge in [-0.15, -0.1) is 0 Å². The molecule has 0 aliphatic rings. The Morgan fingerprint density at radius 1 is 1.24 bits per heavy atom. The number of aryl methyl sites for hydroxylation is 2. The number of benzene rings is 2. The molecule has 6 nitrogen and oxygen atoms in total. The summed E-state index contributed by atoms with van der Waals surface area (Å²) in [5.41, 5.74) is 3.85. The van der Waals surface area contributed by atoms with Crippen LogP contribution in [0, 0.1) is 24.0 Å². The highest BCUT2D eigenvalue weighted by molar-refractivity contribution is 7.22. The van der Waals surface area contributed by atoms with Crippen molar-refractivity contribution in [2.75, 3.05) is 5.32 Å². The maximum Gasteiger partial charge on any atom is 0.269 e. The zero-order valence-electron chi connectivity index (χ0n) is 13.6. The van der Waals surface area contributed by atoms with E-state index >= 15 is 0 Å². The minimum atomic E-state index is -0.461. The molecule has 7 heteroatoms. The lowest BCUT2D eigenvalue weighted by atomic mass is 10.1. The quantitative estimate of drug-likeness (QED) is 0.426. The van der Waals surface area contributed by atoms with Crippen molar-refractivity contribution in [3.05, 3.63) is 69.3 Å². The summed E-state index contributed by atoms with van der Waals surface area (Å²) in [6, 6.07) is 10.1. The zero-order valence-corrected chi connectivity index (χ0v) is 14.5. The first-order chi connectivity index (χ1) is 11.9. The Bertz CT molecular complexity index is 991. The zero-order chi connectivity index (χ0) is 18.0. The lowest BCUT2D eigenvalue weighted by Gasteiger charge is -1.96. The second kappa shape index (κ2) is 6.82. The number of fused-ring (bicyclic) bond motifs is 1. The Hall–Kier alpha value is -3.06. The van der Waals surface area contributed by atoms with E-state index in [2.05, 4.69) is 16.4 Å². The van der Waals surface area contributed by atoms with Crippen LogP contribution in [0.2, 0.25) is 0 Å². The number of rotatable bonds is 4. The molecule has 0 aliphatic heterocycles. The highest BCUT2D eigenvalue weighted by Crippen LogP contribution is 2.29. The van der Waals surface area contributed by atoms with Crippen molar-refractivity contribution in [3.8, 4) is 0 Å². The third-order valence-corrected chi connectivity index (χ3v) is 4.51. The molecule has 1 aromatic heterocycles. The van der Waals surface area contributed by atoms with Crippen molar-refractivity contribution in [2.24, 2.45) is 0 Å². The Morgan fingerprint density at radius 2 is 1.96 bits per heavy atom. The molecule has 1 amide bonds. The molecule has 0 aliphatic carbocycles. The molecule has 0 spiro atoms. The SMILES string of the molecule is Cc1cc(C)c2nc(NC(=O)C=Cc3ccc([N+](=O)[O-])cc3)sc2c1. The molecule has 126 valence electrons. The van der Waals surface area contributed by atoms with E-state index in [1.165, 1.54) is 29.5 Å². The second-order valence-corrected chi connectivity index (χ2v) is 6.65. The number of nitro benzene ring substituents is 1. The van der Waals surface area contributed by atoms with Gasteiger partial charge in [-0.05, 0) is 54.8 Å². The fourth-order valence-corrected chi connectivity index (χ4v) is 3.50. The van der Waals surface area contributed by atoms with Crippen LogP contribution in [-0.2, 0) is 4.79 Å². The first-order valence-electron chi connectivity index (χ1n) is 7.54. The van der Waals surface area contributed by atoms with Crippen LogP contribution in [0.5, 0.6) is 0 Å². The number of anilines is 1. The topological polar surface area (TPSA) is 85.1 Å². The van der Waals surface area contributed by atoms with Crippen LogP contribution in [-0.4, -0.2) is 15.8 Å². The predicted octanol–water partition coefficient (Wildman–Crippen LogP) is 4.47. The van der Waals surface area contributed by atoms with Gasteiger partial charge < -0.3 is 0 Å². The van der Waals surface area contributed by atoms with E-state index in [0.29, 0.717) is 10.7 Å². The first kappa shape index (κ1) is 16.8. The number of thiazole rings is 1. The third kappa shape index (κ3) is 3.89. The highest BCUT2D eigenvalue weighted by Gasteiger charge is 2.09. The average Bonchev–Trinajstić information content (AvgIpc) is 2.96. The summed E-state index contributed by atoms with van der Waals surface area (Å²) in [4.78, 5) is 26.7. The summed E-state index contributed by atoms with van der Waals surface area (Å²) in [5.74, 6) is -0.299. The Balaban J connectivity index is 1.71. The number of carbonyl (C=O) groups is 1. The fourth-order valence-electron chi connectivity index (χ4n) is 2.45. The van der Waals surface area contributed by atoms with E-state index < -0.39 is 4.92 Å². The molecular weight excluding hydrogens is 338 g/mol. The molecule has 0 atom stereocenters. The van der Waals surface area contributed by atoms with Gasteiger partial charge >= 0.3 is 0 Å². The summed E-state index contributed by atoms with van der Waals surface area (Å²) in [6.45, 7) is 4.02. The Kier molecular flexibility index (Phi) is 4.58. The van der Waals surface area contributed by atoms with Crippen LogP contribution in [0.1, 0.15) is 16.7 Å². The van der Waals surface area contributed by atoms with Gasteiger partial charge in [-0.1, -0.05) is 17.4 Å². The van der Waals surface area contributed by atoms with Gasteiger partial charge in [-0.2, -0.15) is 0 Å². The molecule has 3 rings (SSSR count). The summed E-state index contributed by atoms with van der Waals surface area (Å²) >= 11 is 1.43. The lowest BCUT2D eigenvalue weighted by molar-refractivity contribution is -0.384. The number of nitrogens with zero attached hydrogens (tertiary/aromatic N) is 2. The van der Waals surface area contributed by atoms with Gasteiger partial charge in [0.1, 0.15) is 0 Å². The third-order valence-electron chi connectivity index (χ3n) is 3.59. The number of nitrogens with one attached hydrogen (secondary N) is 1. The molecule has 25 heavy (non-hydrogen) atoms. The second-order valence-electron chi connectivity index (χ2n) is 5.62. The molecule has 0 radical (unpaired) electrons. The lowest BCUT2D eigenvalue weighted by Crippen LogP contribution is -2.07. The maximum absolute atomic E-state index is 12.1. The van der Waals surface area contributed by atoms with Crippen LogP contribution >= 0.6 is 11.3 Å². The smallest absolute Gasteiger partial charge is 0.269 e. The summed E-state index contributed by atoms with van der Waals surface area (Å²) in [5, 5.41) is 13.9. The van der Waals surface area contributed by atoms with Gasteiger partial charge in [0, 0.05) is 18.2 Å². The molecule has 0 saturated carbocycles. The number of amides is 1. The van der Waals surface area contributed by atoms with Crippen molar-refractivity contribution in [1.29, 1.82) is 0 Å². The number of hydrogen-bond acceptors (Lipinski definition) is 5. The van der Waals surface area contributed by atoms with E-state index in [1.54, 1.807) is 18.2 Å². The van der Waals surface area contributed by atoms with Crippen molar-refractivity contribution in [3.63, 3.8) is 0 Å². The van der Waals surface area contributed by atoms with E-state index in [9.17, 15) is 14.9 Å². The minimum Gasteiger partial charge on any atom is -0.298 e. The van der Waals surface area contributed by atoms with Crippen LogP contribution in [0.4, 0.5) is 10.8 Å². The van der Waals surface area contributed by atoms with Gasteiger partial charge in [0.05, 0.1) is 15.1 Å². The number of carbonyl (C=O) groups excluding carboxylic acids is 1. The number of aromatic nitrogens is 1. The molecule has 0 fully saturated rings. The van der Waals surface area contributed by atoms with Gasteiger partial charge in [-0.3, -0.25) is 20.2 Å². The molecule has 0 saturated heterocycles. The van der Waals surface area contributed by atoms with Crippen molar-refractivity contribution < 1.29 is 9.72 Å². The average molecular weight is 353 g/mol. The Morgan fingerprint density at radius 3 is 2.64 bits per heavy atom. The predicted molar refractivity (Wildman–Crippen MR) is 99.9 cm³/mol. The molecule has 0 unspecified atom stereocenters. The van der Waals surface area contributed by atoms with E-state index in [-0.39, 0.29) is 11.6 Å². The summed E-state index contributed by atoms with van der Waals surface area (Å²) in [6.07, 6.45) is 2.98. The number of nitro groups is 1. The molecule has 1 N–H and O–H groups in total. The first-order valence-corrected chi connectivity index (χ1v) is 8.35. The van der Waals surface area contributed by atoms with Gasteiger partial charge in [0.25, 0.3) is 5.69 Å². The molecule has 0 bridgehead atoms. The van der Waals surface area contributed by atoms with Crippen LogP contribution in [0.15, 0.2) is 42.5 Å². The van der Waals surface area contributed by atoms with Crippen LogP contribution in [0.25, 0.3) is 16.3 Å². The van der Waals surface area contributed by atoms with E-state index in [4.69, 9.17) is 0 Å². The monoisotopic (exact) mass is 353 g/mol. The molecule has 3 aromatic rings. The number of non-ortho nitro benzene ring substituents is 1. The van der Waals surface area contributed by atoms with Gasteiger partial charge in [0.15, 0.2) is 5.13 Å². The molecule has 1 heterocycles. The van der Waals surface area contributed by atoms with Crippen LogP contribution < -0.4 is 5.32 Å². The standard InChI is InChI=1S/C18H15N3O3S/c1-11-9-12(2)17-15(10-11)25-18(20-17)19-16(22)8-5-13-3-6-14(7-4-13)21(23)24/h3-10H,1-2H3,(H,19,20,22). The number of hydrogen-bond donors (Lipinski definition) is 1. The largest absolute Gasteiger partial charge is 0.298 e. The van der Waals surface area contributed by atoms with E-state index in [0.717, 1.165) is 21.3 Å².